The van der Waals surface area contributed by atoms with E-state index in [0.29, 0.717) is 12.0 Å². The Labute approximate surface area is 109 Å². The van der Waals surface area contributed by atoms with E-state index in [1.54, 1.807) is 7.11 Å². The first-order valence-electron chi connectivity index (χ1n) is 6.79. The maximum atomic E-state index is 11.3. The Bertz CT molecular complexity index is 298. The third-order valence-electron chi connectivity index (χ3n) is 4.43. The molecule has 0 aromatic rings. The minimum atomic E-state index is -0.764. The van der Waals surface area contributed by atoms with Gasteiger partial charge in [0.1, 0.15) is 6.04 Å². The minimum Gasteiger partial charge on any atom is -0.480 e. The van der Waals surface area contributed by atoms with Crippen molar-refractivity contribution in [1.29, 1.82) is 0 Å². The van der Waals surface area contributed by atoms with Gasteiger partial charge in [-0.05, 0) is 38.8 Å². The summed E-state index contributed by atoms with van der Waals surface area (Å²) < 4.78 is 5.04. The lowest BCUT2D eigenvalue weighted by Gasteiger charge is -2.47. The average molecular weight is 256 g/mol. The SMILES string of the molecule is COCC(C(=O)O)N1CCC2C(CCCN2C)C1. The molecule has 0 aromatic heterocycles. The summed E-state index contributed by atoms with van der Waals surface area (Å²) in [6, 6.07) is 0.162. The topological polar surface area (TPSA) is 53.0 Å². The van der Waals surface area contributed by atoms with Crippen LogP contribution in [0, 0.1) is 5.92 Å². The zero-order valence-corrected chi connectivity index (χ0v) is 11.3. The highest BCUT2D eigenvalue weighted by atomic mass is 16.5. The Morgan fingerprint density at radius 2 is 2.22 bits per heavy atom. The second kappa shape index (κ2) is 5.99. The number of rotatable bonds is 4. The highest BCUT2D eigenvalue weighted by molar-refractivity contribution is 5.73. The van der Waals surface area contributed by atoms with Gasteiger partial charge in [0.15, 0.2) is 0 Å². The number of fused-ring (bicyclic) bond motifs is 1. The van der Waals surface area contributed by atoms with E-state index < -0.39 is 12.0 Å². The van der Waals surface area contributed by atoms with Crippen molar-refractivity contribution in [3.8, 4) is 0 Å². The van der Waals surface area contributed by atoms with Gasteiger partial charge in [-0.15, -0.1) is 0 Å². The number of aliphatic carboxylic acids is 1. The molecule has 2 aliphatic rings. The molecule has 0 radical (unpaired) electrons. The molecule has 0 bridgehead atoms. The van der Waals surface area contributed by atoms with Gasteiger partial charge in [0.2, 0.25) is 0 Å². The van der Waals surface area contributed by atoms with Crippen LogP contribution in [0.25, 0.3) is 0 Å². The first-order valence-corrected chi connectivity index (χ1v) is 6.79. The van der Waals surface area contributed by atoms with Crippen LogP contribution < -0.4 is 0 Å². The normalized spacial score (nSPS) is 31.9. The van der Waals surface area contributed by atoms with Gasteiger partial charge in [-0.3, -0.25) is 9.69 Å². The van der Waals surface area contributed by atoms with Crippen LogP contribution in [0.4, 0.5) is 0 Å². The molecule has 3 atom stereocenters. The molecule has 0 saturated carbocycles. The molecular weight excluding hydrogens is 232 g/mol. The molecule has 2 aliphatic heterocycles. The predicted octanol–water partition coefficient (Wildman–Crippen LogP) is 0.502. The monoisotopic (exact) mass is 256 g/mol. The van der Waals surface area contributed by atoms with Crippen LogP contribution in [0.15, 0.2) is 0 Å². The van der Waals surface area contributed by atoms with Crippen LogP contribution in [0.2, 0.25) is 0 Å². The lowest BCUT2D eigenvalue weighted by molar-refractivity contribution is -0.147. The van der Waals surface area contributed by atoms with Gasteiger partial charge in [0.05, 0.1) is 6.61 Å². The summed E-state index contributed by atoms with van der Waals surface area (Å²) in [5, 5.41) is 9.27. The Morgan fingerprint density at radius 1 is 1.44 bits per heavy atom. The first kappa shape index (κ1) is 13.8. The smallest absolute Gasteiger partial charge is 0.323 e. The molecule has 5 nitrogen and oxygen atoms in total. The van der Waals surface area contributed by atoms with Crippen LogP contribution in [0.3, 0.4) is 0 Å². The van der Waals surface area contributed by atoms with Crippen molar-refractivity contribution < 1.29 is 14.6 Å². The second-order valence-electron chi connectivity index (χ2n) is 5.54. The van der Waals surface area contributed by atoms with Crippen molar-refractivity contribution in [2.45, 2.75) is 31.3 Å². The Kier molecular flexibility index (Phi) is 4.59. The van der Waals surface area contributed by atoms with E-state index in [-0.39, 0.29) is 6.61 Å². The number of likely N-dealkylation sites (tertiary alicyclic amines) is 2. The van der Waals surface area contributed by atoms with Crippen molar-refractivity contribution in [2.24, 2.45) is 5.92 Å². The number of hydrogen-bond donors (Lipinski definition) is 1. The van der Waals surface area contributed by atoms with E-state index in [4.69, 9.17) is 4.74 Å². The molecule has 0 aliphatic carbocycles. The van der Waals surface area contributed by atoms with Crippen LogP contribution >= 0.6 is 0 Å². The van der Waals surface area contributed by atoms with Crippen molar-refractivity contribution in [3.05, 3.63) is 0 Å². The molecule has 0 spiro atoms. The lowest BCUT2D eigenvalue weighted by Crippen LogP contribution is -2.57. The summed E-state index contributed by atoms with van der Waals surface area (Å²) in [5.41, 5.74) is 0. The number of carboxylic acids is 1. The largest absolute Gasteiger partial charge is 0.480 e. The highest BCUT2D eigenvalue weighted by Crippen LogP contribution is 2.30. The summed E-state index contributed by atoms with van der Waals surface area (Å²) in [6.07, 6.45) is 3.53. The number of carbonyl (C=O) groups is 1. The van der Waals surface area contributed by atoms with Crippen LogP contribution in [0.5, 0.6) is 0 Å². The fraction of sp³-hybridized carbons (Fsp3) is 0.923. The molecule has 2 rings (SSSR count). The molecule has 5 heteroatoms. The first-order chi connectivity index (χ1) is 8.63. The summed E-state index contributed by atoms with van der Waals surface area (Å²) >= 11 is 0. The standard InChI is InChI=1S/C13H24N2O3/c1-14-6-3-4-10-8-15(7-5-11(10)14)12(9-18-2)13(16)17/h10-12H,3-9H2,1-2H3,(H,16,17). The second-order valence-corrected chi connectivity index (χ2v) is 5.54. The van der Waals surface area contributed by atoms with E-state index in [2.05, 4.69) is 16.8 Å². The quantitative estimate of drug-likeness (QED) is 0.794. The molecule has 1 N–H and O–H groups in total. The van der Waals surface area contributed by atoms with Gasteiger partial charge in [0, 0.05) is 26.2 Å². The van der Waals surface area contributed by atoms with E-state index >= 15 is 0 Å². The van der Waals surface area contributed by atoms with Gasteiger partial charge < -0.3 is 14.7 Å². The Morgan fingerprint density at radius 3 is 2.89 bits per heavy atom. The fourth-order valence-electron chi connectivity index (χ4n) is 3.45. The Hall–Kier alpha value is -0.650. The molecule has 104 valence electrons. The van der Waals surface area contributed by atoms with Gasteiger partial charge in [-0.1, -0.05) is 0 Å². The molecule has 18 heavy (non-hydrogen) atoms. The van der Waals surface area contributed by atoms with Crippen molar-refractivity contribution >= 4 is 5.97 Å². The minimum absolute atomic E-state index is 0.280. The van der Waals surface area contributed by atoms with E-state index in [9.17, 15) is 9.90 Å². The number of hydrogen-bond acceptors (Lipinski definition) is 4. The third kappa shape index (κ3) is 2.84. The maximum Gasteiger partial charge on any atom is 0.323 e. The van der Waals surface area contributed by atoms with E-state index in [0.717, 1.165) is 19.5 Å². The molecule has 2 saturated heterocycles. The van der Waals surface area contributed by atoms with Crippen molar-refractivity contribution in [1.82, 2.24) is 9.80 Å². The predicted molar refractivity (Wildman–Crippen MR) is 68.6 cm³/mol. The van der Waals surface area contributed by atoms with Crippen LogP contribution in [0.1, 0.15) is 19.3 Å². The molecule has 2 fully saturated rings. The van der Waals surface area contributed by atoms with Crippen molar-refractivity contribution in [2.75, 3.05) is 40.4 Å². The van der Waals surface area contributed by atoms with Gasteiger partial charge >= 0.3 is 5.97 Å². The summed E-state index contributed by atoms with van der Waals surface area (Å²) in [4.78, 5) is 15.8. The van der Waals surface area contributed by atoms with Crippen LogP contribution in [-0.2, 0) is 9.53 Å². The molecule has 0 aromatic carbocycles. The fourth-order valence-corrected chi connectivity index (χ4v) is 3.45. The number of ether oxygens (including phenoxy) is 1. The highest BCUT2D eigenvalue weighted by Gasteiger charge is 2.38. The number of carboxylic acid groups (broad SMARTS) is 1. The van der Waals surface area contributed by atoms with Gasteiger partial charge in [-0.2, -0.15) is 0 Å². The summed E-state index contributed by atoms with van der Waals surface area (Å²) in [5.74, 6) is -0.143. The van der Waals surface area contributed by atoms with Crippen molar-refractivity contribution in [3.63, 3.8) is 0 Å². The molecule has 3 unspecified atom stereocenters. The third-order valence-corrected chi connectivity index (χ3v) is 4.43. The summed E-state index contributed by atoms with van der Waals surface area (Å²) in [7, 11) is 3.76. The van der Waals surface area contributed by atoms with E-state index in [1.807, 2.05) is 0 Å². The Balaban J connectivity index is 1.98. The van der Waals surface area contributed by atoms with Crippen LogP contribution in [-0.4, -0.2) is 73.4 Å². The zero-order valence-electron chi connectivity index (χ0n) is 11.3. The lowest BCUT2D eigenvalue weighted by atomic mass is 9.83. The summed E-state index contributed by atoms with van der Waals surface area (Å²) in [6.45, 7) is 3.23. The molecule has 0 amide bonds. The maximum absolute atomic E-state index is 11.3. The number of nitrogens with zero attached hydrogens (tertiary/aromatic N) is 2. The molecular formula is C13H24N2O3. The molecule has 2 heterocycles. The van der Waals surface area contributed by atoms with Gasteiger partial charge in [-0.25, -0.2) is 0 Å². The number of methoxy groups -OCH3 is 1. The van der Waals surface area contributed by atoms with E-state index in [1.165, 1.54) is 19.4 Å². The van der Waals surface area contributed by atoms with Gasteiger partial charge in [0.25, 0.3) is 0 Å². The average Bonchev–Trinajstić information content (AvgIpc) is 2.35. The zero-order chi connectivity index (χ0) is 13.1. The number of piperidine rings is 2.